The molecule has 0 radical (unpaired) electrons. The molecular weight excluding hydrogens is 402 g/mol. The van der Waals surface area contributed by atoms with Crippen molar-refractivity contribution >= 4 is 39.1 Å². The number of piperazine rings is 1. The van der Waals surface area contributed by atoms with Crippen LogP contribution in [0.15, 0.2) is 47.4 Å². The molecule has 0 atom stereocenters. The van der Waals surface area contributed by atoms with Crippen molar-refractivity contribution in [1.29, 1.82) is 0 Å². The van der Waals surface area contributed by atoms with Crippen molar-refractivity contribution in [3.8, 4) is 0 Å². The Morgan fingerprint density at radius 1 is 0.962 bits per heavy atom. The lowest BCUT2D eigenvalue weighted by Gasteiger charge is -2.34. The standard InChI is InChI=1S/C17H15Cl2FN2O3S/c18-13-8-12(9-14(19)10-13)17(23)21-4-6-22(7-5-21)26(24,25)16-3-1-2-15(20)11-16/h1-3,8-11H,4-7H2. The van der Waals surface area contributed by atoms with Crippen LogP contribution < -0.4 is 0 Å². The first-order chi connectivity index (χ1) is 12.3. The molecule has 138 valence electrons. The highest BCUT2D eigenvalue weighted by molar-refractivity contribution is 7.89. The van der Waals surface area contributed by atoms with Crippen LogP contribution in [-0.2, 0) is 10.0 Å². The number of benzene rings is 2. The van der Waals surface area contributed by atoms with Crippen LogP contribution in [0.25, 0.3) is 0 Å². The van der Waals surface area contributed by atoms with Gasteiger partial charge in [-0.2, -0.15) is 4.31 Å². The van der Waals surface area contributed by atoms with Gasteiger partial charge in [0.25, 0.3) is 5.91 Å². The van der Waals surface area contributed by atoms with Crippen molar-refractivity contribution in [3.05, 3.63) is 63.9 Å². The summed E-state index contributed by atoms with van der Waals surface area (Å²) in [5.74, 6) is -0.880. The Labute approximate surface area is 161 Å². The first-order valence-electron chi connectivity index (χ1n) is 7.78. The van der Waals surface area contributed by atoms with Gasteiger partial charge in [0.15, 0.2) is 0 Å². The number of hydrogen-bond donors (Lipinski definition) is 0. The van der Waals surface area contributed by atoms with E-state index in [-0.39, 0.29) is 37.0 Å². The zero-order valence-corrected chi connectivity index (χ0v) is 15.9. The molecule has 0 aliphatic carbocycles. The minimum atomic E-state index is -3.80. The molecule has 3 rings (SSSR count). The number of nitrogens with zero attached hydrogens (tertiary/aromatic N) is 2. The van der Waals surface area contributed by atoms with E-state index in [1.165, 1.54) is 40.7 Å². The van der Waals surface area contributed by atoms with Gasteiger partial charge in [0.05, 0.1) is 4.90 Å². The maximum absolute atomic E-state index is 13.3. The highest BCUT2D eigenvalue weighted by Gasteiger charge is 2.30. The Morgan fingerprint density at radius 2 is 1.58 bits per heavy atom. The van der Waals surface area contributed by atoms with E-state index in [1.54, 1.807) is 4.90 Å². The van der Waals surface area contributed by atoms with E-state index < -0.39 is 15.8 Å². The third-order valence-electron chi connectivity index (χ3n) is 4.07. The van der Waals surface area contributed by atoms with Crippen molar-refractivity contribution in [2.75, 3.05) is 26.2 Å². The summed E-state index contributed by atoms with van der Waals surface area (Å²) in [6, 6.07) is 9.45. The monoisotopic (exact) mass is 416 g/mol. The molecule has 1 fully saturated rings. The lowest BCUT2D eigenvalue weighted by atomic mass is 10.2. The first kappa shape index (κ1) is 19.1. The Kier molecular flexibility index (Phi) is 5.53. The summed E-state index contributed by atoms with van der Waals surface area (Å²) < 4.78 is 39.8. The number of carbonyl (C=O) groups is 1. The van der Waals surface area contributed by atoms with Crippen molar-refractivity contribution in [1.82, 2.24) is 9.21 Å². The molecule has 2 aromatic carbocycles. The van der Waals surface area contributed by atoms with E-state index in [0.717, 1.165) is 6.07 Å². The van der Waals surface area contributed by atoms with E-state index in [9.17, 15) is 17.6 Å². The summed E-state index contributed by atoms with van der Waals surface area (Å²) in [6.45, 7) is 0.687. The molecule has 1 amide bonds. The second-order valence-electron chi connectivity index (χ2n) is 5.81. The van der Waals surface area contributed by atoms with E-state index in [0.29, 0.717) is 15.6 Å². The van der Waals surface area contributed by atoms with Gasteiger partial charge in [-0.15, -0.1) is 0 Å². The third kappa shape index (κ3) is 4.01. The topological polar surface area (TPSA) is 57.7 Å². The molecule has 0 spiro atoms. The largest absolute Gasteiger partial charge is 0.336 e. The summed E-state index contributed by atoms with van der Waals surface area (Å²) in [5, 5.41) is 0.710. The normalized spacial score (nSPS) is 15.9. The number of carbonyl (C=O) groups excluding carboxylic acids is 1. The quantitative estimate of drug-likeness (QED) is 0.771. The summed E-state index contributed by atoms with van der Waals surface area (Å²) in [6.07, 6.45) is 0. The van der Waals surface area contributed by atoms with Crippen molar-refractivity contribution in [2.45, 2.75) is 4.90 Å². The number of hydrogen-bond acceptors (Lipinski definition) is 3. The lowest BCUT2D eigenvalue weighted by molar-refractivity contribution is 0.0698. The maximum atomic E-state index is 13.3. The van der Waals surface area contributed by atoms with Crippen molar-refractivity contribution in [2.24, 2.45) is 0 Å². The zero-order valence-electron chi connectivity index (χ0n) is 13.5. The Balaban J connectivity index is 1.72. The van der Waals surface area contributed by atoms with Gasteiger partial charge in [-0.25, -0.2) is 12.8 Å². The number of amides is 1. The molecule has 26 heavy (non-hydrogen) atoms. The fourth-order valence-electron chi connectivity index (χ4n) is 2.77. The average molecular weight is 417 g/mol. The van der Waals surface area contributed by atoms with Gasteiger partial charge < -0.3 is 4.90 Å². The van der Waals surface area contributed by atoms with Crippen LogP contribution in [0.2, 0.25) is 10.0 Å². The van der Waals surface area contributed by atoms with Crippen LogP contribution in [0.4, 0.5) is 4.39 Å². The predicted octanol–water partition coefficient (Wildman–Crippen LogP) is 3.28. The maximum Gasteiger partial charge on any atom is 0.254 e. The zero-order chi connectivity index (χ0) is 18.9. The van der Waals surface area contributed by atoms with Gasteiger partial charge in [0.1, 0.15) is 5.82 Å². The summed E-state index contributed by atoms with van der Waals surface area (Å²) in [5.41, 5.74) is 0.351. The fourth-order valence-corrected chi connectivity index (χ4v) is 4.75. The summed E-state index contributed by atoms with van der Waals surface area (Å²) in [7, 11) is -3.80. The molecule has 1 aliphatic rings. The molecule has 0 aromatic heterocycles. The average Bonchev–Trinajstić information content (AvgIpc) is 2.60. The molecule has 1 saturated heterocycles. The second kappa shape index (κ2) is 7.52. The SMILES string of the molecule is O=C(c1cc(Cl)cc(Cl)c1)N1CCN(S(=O)(=O)c2cccc(F)c2)CC1. The van der Waals surface area contributed by atoms with Crippen molar-refractivity contribution in [3.63, 3.8) is 0 Å². The van der Waals surface area contributed by atoms with Gasteiger partial charge in [-0.3, -0.25) is 4.79 Å². The lowest BCUT2D eigenvalue weighted by Crippen LogP contribution is -2.50. The summed E-state index contributed by atoms with van der Waals surface area (Å²) >= 11 is 11.8. The van der Waals surface area contributed by atoms with Gasteiger partial charge in [-0.1, -0.05) is 29.3 Å². The van der Waals surface area contributed by atoms with E-state index >= 15 is 0 Å². The van der Waals surface area contributed by atoms with Crippen LogP contribution in [0.3, 0.4) is 0 Å². The van der Waals surface area contributed by atoms with Crippen LogP contribution in [-0.4, -0.2) is 49.7 Å². The third-order valence-corrected chi connectivity index (χ3v) is 6.40. The molecule has 0 unspecified atom stereocenters. The van der Waals surface area contributed by atoms with Crippen LogP contribution >= 0.6 is 23.2 Å². The Hall–Kier alpha value is -1.67. The molecule has 9 heteroatoms. The molecule has 5 nitrogen and oxygen atoms in total. The van der Waals surface area contributed by atoms with Gasteiger partial charge in [0, 0.05) is 41.8 Å². The molecular formula is C17H15Cl2FN2O3S. The minimum Gasteiger partial charge on any atom is -0.336 e. The van der Waals surface area contributed by atoms with Gasteiger partial charge >= 0.3 is 0 Å². The Bertz CT molecular complexity index is 925. The smallest absolute Gasteiger partial charge is 0.254 e. The number of sulfonamides is 1. The van der Waals surface area contributed by atoms with Crippen LogP contribution in [0.1, 0.15) is 10.4 Å². The van der Waals surface area contributed by atoms with E-state index in [2.05, 4.69) is 0 Å². The predicted molar refractivity (Wildman–Crippen MR) is 97.5 cm³/mol. The molecule has 1 aliphatic heterocycles. The highest BCUT2D eigenvalue weighted by atomic mass is 35.5. The molecule has 2 aromatic rings. The van der Waals surface area contributed by atoms with E-state index in [4.69, 9.17) is 23.2 Å². The van der Waals surface area contributed by atoms with E-state index in [1.807, 2.05) is 0 Å². The van der Waals surface area contributed by atoms with Crippen LogP contribution in [0, 0.1) is 5.82 Å². The number of halogens is 3. The second-order valence-corrected chi connectivity index (χ2v) is 8.62. The van der Waals surface area contributed by atoms with Crippen molar-refractivity contribution < 1.29 is 17.6 Å². The molecule has 0 N–H and O–H groups in total. The molecule has 0 saturated carbocycles. The Morgan fingerprint density at radius 3 is 2.15 bits per heavy atom. The minimum absolute atomic E-state index is 0.0982. The van der Waals surface area contributed by atoms with Crippen LogP contribution in [0.5, 0.6) is 0 Å². The highest BCUT2D eigenvalue weighted by Crippen LogP contribution is 2.22. The number of rotatable bonds is 3. The molecule has 1 heterocycles. The molecule has 0 bridgehead atoms. The first-order valence-corrected chi connectivity index (χ1v) is 9.98. The fraction of sp³-hybridized carbons (Fsp3) is 0.235. The van der Waals surface area contributed by atoms with Gasteiger partial charge in [0.2, 0.25) is 10.0 Å². The summed E-state index contributed by atoms with van der Waals surface area (Å²) in [4.78, 5) is 14.0. The van der Waals surface area contributed by atoms with Gasteiger partial charge in [-0.05, 0) is 36.4 Å².